The molecule has 0 saturated carbocycles. The second kappa shape index (κ2) is 4.78. The Bertz CT molecular complexity index is 564. The summed E-state index contributed by atoms with van der Waals surface area (Å²) < 4.78 is 0. The number of carbonyl (C=O) groups is 1. The zero-order chi connectivity index (χ0) is 12.4. The molecule has 17 heavy (non-hydrogen) atoms. The van der Waals surface area contributed by atoms with Crippen LogP contribution in [0.4, 0.5) is 5.69 Å². The van der Waals surface area contributed by atoms with Crippen LogP contribution in [-0.4, -0.2) is 5.78 Å². The largest absolute Gasteiger partial charge is 0.399 e. The number of nitrogens with two attached hydrogens (primary N) is 1. The highest BCUT2D eigenvalue weighted by molar-refractivity contribution is 6.44. The Kier molecular flexibility index (Phi) is 3.36. The van der Waals surface area contributed by atoms with Gasteiger partial charge in [0.1, 0.15) is 0 Å². The first kappa shape index (κ1) is 12.0. The predicted octanol–water partition coefficient (Wildman–Crippen LogP) is 3.81. The second-order valence-electron chi connectivity index (χ2n) is 3.55. The van der Waals surface area contributed by atoms with Crippen molar-refractivity contribution in [3.8, 4) is 0 Å². The van der Waals surface area contributed by atoms with Crippen molar-refractivity contribution < 1.29 is 4.79 Å². The molecule has 0 saturated heterocycles. The summed E-state index contributed by atoms with van der Waals surface area (Å²) in [6, 6.07) is 11.6. The molecule has 0 heterocycles. The topological polar surface area (TPSA) is 43.1 Å². The SMILES string of the molecule is Nc1ccc(C(=O)c2cccc(Cl)c2Cl)cc1. The molecule has 2 rings (SSSR count). The van der Waals surface area contributed by atoms with Crippen molar-refractivity contribution in [2.75, 3.05) is 5.73 Å². The minimum Gasteiger partial charge on any atom is -0.399 e. The van der Waals surface area contributed by atoms with Crippen molar-refractivity contribution >= 4 is 34.7 Å². The second-order valence-corrected chi connectivity index (χ2v) is 4.34. The fourth-order valence-electron chi connectivity index (χ4n) is 1.47. The van der Waals surface area contributed by atoms with Crippen LogP contribution in [0.1, 0.15) is 15.9 Å². The summed E-state index contributed by atoms with van der Waals surface area (Å²) in [5, 5.41) is 0.643. The number of anilines is 1. The summed E-state index contributed by atoms with van der Waals surface area (Å²) in [4.78, 5) is 12.1. The Labute approximate surface area is 109 Å². The van der Waals surface area contributed by atoms with Gasteiger partial charge in [-0.2, -0.15) is 0 Å². The number of carbonyl (C=O) groups excluding carboxylic acids is 1. The van der Waals surface area contributed by atoms with E-state index in [4.69, 9.17) is 28.9 Å². The van der Waals surface area contributed by atoms with E-state index in [9.17, 15) is 4.79 Å². The van der Waals surface area contributed by atoms with E-state index in [1.807, 2.05) is 0 Å². The number of halogens is 2. The van der Waals surface area contributed by atoms with Gasteiger partial charge in [0.2, 0.25) is 0 Å². The Balaban J connectivity index is 2.44. The standard InChI is InChI=1S/C13H9Cl2NO/c14-11-3-1-2-10(12(11)15)13(17)8-4-6-9(16)7-5-8/h1-7H,16H2. The zero-order valence-corrected chi connectivity index (χ0v) is 10.3. The summed E-state index contributed by atoms with van der Waals surface area (Å²) in [5.74, 6) is -0.169. The molecular formula is C13H9Cl2NO. The Morgan fingerprint density at radius 3 is 2.29 bits per heavy atom. The van der Waals surface area contributed by atoms with Gasteiger partial charge in [-0.25, -0.2) is 0 Å². The Morgan fingerprint density at radius 1 is 1.00 bits per heavy atom. The summed E-state index contributed by atoms with van der Waals surface area (Å²) in [6.07, 6.45) is 0. The monoisotopic (exact) mass is 265 g/mol. The fraction of sp³-hybridized carbons (Fsp3) is 0. The van der Waals surface area contributed by atoms with Crippen molar-refractivity contribution in [3.63, 3.8) is 0 Å². The number of nitrogen functional groups attached to an aromatic ring is 1. The highest BCUT2D eigenvalue weighted by atomic mass is 35.5. The normalized spacial score (nSPS) is 10.2. The van der Waals surface area contributed by atoms with Crippen molar-refractivity contribution in [1.29, 1.82) is 0 Å². The van der Waals surface area contributed by atoms with E-state index in [1.54, 1.807) is 42.5 Å². The van der Waals surface area contributed by atoms with Crippen LogP contribution in [-0.2, 0) is 0 Å². The summed E-state index contributed by atoms with van der Waals surface area (Å²) in [7, 11) is 0. The van der Waals surface area contributed by atoms with Crippen LogP contribution in [0.2, 0.25) is 10.0 Å². The molecule has 86 valence electrons. The van der Waals surface area contributed by atoms with Crippen molar-refractivity contribution in [2.24, 2.45) is 0 Å². The molecule has 0 aromatic heterocycles. The molecule has 0 unspecified atom stereocenters. The average molecular weight is 266 g/mol. The van der Waals surface area contributed by atoms with E-state index in [-0.39, 0.29) is 10.8 Å². The molecule has 0 spiro atoms. The summed E-state index contributed by atoms with van der Waals surface area (Å²) >= 11 is 11.9. The molecule has 2 N–H and O–H groups in total. The quantitative estimate of drug-likeness (QED) is 0.663. The van der Waals surface area contributed by atoms with E-state index < -0.39 is 0 Å². The lowest BCUT2D eigenvalue weighted by molar-refractivity contribution is 0.103. The predicted molar refractivity (Wildman–Crippen MR) is 70.7 cm³/mol. The maximum absolute atomic E-state index is 12.1. The number of ketones is 1. The molecule has 0 radical (unpaired) electrons. The van der Waals surface area contributed by atoms with Gasteiger partial charge >= 0.3 is 0 Å². The van der Waals surface area contributed by atoms with Crippen LogP contribution in [0.3, 0.4) is 0 Å². The van der Waals surface area contributed by atoms with Crippen LogP contribution in [0.15, 0.2) is 42.5 Å². The van der Waals surface area contributed by atoms with Crippen molar-refractivity contribution in [2.45, 2.75) is 0 Å². The summed E-state index contributed by atoms with van der Waals surface area (Å²) in [5.41, 5.74) is 7.09. The van der Waals surface area contributed by atoms with Gasteiger partial charge < -0.3 is 5.73 Å². The lowest BCUT2D eigenvalue weighted by Gasteiger charge is -2.05. The molecule has 0 atom stereocenters. The van der Waals surface area contributed by atoms with Gasteiger partial charge in [0.05, 0.1) is 10.0 Å². The van der Waals surface area contributed by atoms with Crippen molar-refractivity contribution in [3.05, 3.63) is 63.6 Å². The van der Waals surface area contributed by atoms with Crippen LogP contribution < -0.4 is 5.73 Å². The average Bonchev–Trinajstić information content (AvgIpc) is 2.33. The first-order valence-corrected chi connectivity index (χ1v) is 5.69. The first-order valence-electron chi connectivity index (χ1n) is 4.94. The third kappa shape index (κ3) is 2.43. The smallest absolute Gasteiger partial charge is 0.194 e. The van der Waals surface area contributed by atoms with Gasteiger partial charge in [0, 0.05) is 16.8 Å². The molecule has 2 aromatic rings. The number of hydrogen-bond acceptors (Lipinski definition) is 2. The van der Waals surface area contributed by atoms with E-state index >= 15 is 0 Å². The molecule has 0 bridgehead atoms. The van der Waals surface area contributed by atoms with E-state index in [0.717, 1.165) is 0 Å². The summed E-state index contributed by atoms with van der Waals surface area (Å²) in [6.45, 7) is 0. The maximum Gasteiger partial charge on any atom is 0.194 e. The molecule has 2 nitrogen and oxygen atoms in total. The fourth-order valence-corrected chi connectivity index (χ4v) is 1.86. The maximum atomic E-state index is 12.1. The third-order valence-electron chi connectivity index (χ3n) is 2.37. The van der Waals surface area contributed by atoms with Crippen LogP contribution >= 0.6 is 23.2 Å². The highest BCUT2D eigenvalue weighted by Gasteiger charge is 2.14. The molecule has 0 aliphatic rings. The molecule has 0 aliphatic carbocycles. The lowest BCUT2D eigenvalue weighted by atomic mass is 10.0. The van der Waals surface area contributed by atoms with Gasteiger partial charge in [0.15, 0.2) is 5.78 Å². The van der Waals surface area contributed by atoms with Crippen LogP contribution in [0.25, 0.3) is 0 Å². The number of benzene rings is 2. The van der Waals surface area contributed by atoms with Gasteiger partial charge in [-0.1, -0.05) is 29.3 Å². The van der Waals surface area contributed by atoms with Gasteiger partial charge in [-0.3, -0.25) is 4.79 Å². The molecule has 0 aliphatic heterocycles. The molecule has 0 amide bonds. The Hall–Kier alpha value is -1.51. The van der Waals surface area contributed by atoms with Gasteiger partial charge in [-0.15, -0.1) is 0 Å². The van der Waals surface area contributed by atoms with E-state index in [0.29, 0.717) is 21.8 Å². The first-order chi connectivity index (χ1) is 8.09. The number of hydrogen-bond donors (Lipinski definition) is 1. The van der Waals surface area contributed by atoms with E-state index in [1.165, 1.54) is 0 Å². The Morgan fingerprint density at radius 2 is 1.65 bits per heavy atom. The van der Waals surface area contributed by atoms with Gasteiger partial charge in [0.25, 0.3) is 0 Å². The zero-order valence-electron chi connectivity index (χ0n) is 8.78. The van der Waals surface area contributed by atoms with Crippen LogP contribution in [0, 0.1) is 0 Å². The number of rotatable bonds is 2. The highest BCUT2D eigenvalue weighted by Crippen LogP contribution is 2.27. The third-order valence-corrected chi connectivity index (χ3v) is 3.19. The minimum atomic E-state index is -0.169. The molecular weight excluding hydrogens is 257 g/mol. The molecule has 4 heteroatoms. The van der Waals surface area contributed by atoms with Crippen LogP contribution in [0.5, 0.6) is 0 Å². The van der Waals surface area contributed by atoms with E-state index in [2.05, 4.69) is 0 Å². The lowest BCUT2D eigenvalue weighted by Crippen LogP contribution is -2.02. The van der Waals surface area contributed by atoms with Gasteiger partial charge in [-0.05, 0) is 36.4 Å². The van der Waals surface area contributed by atoms with Crippen molar-refractivity contribution in [1.82, 2.24) is 0 Å². The molecule has 2 aromatic carbocycles. The minimum absolute atomic E-state index is 0.169. The molecule has 0 fully saturated rings.